The molecule has 0 saturated carbocycles. The van der Waals surface area contributed by atoms with Crippen LogP contribution in [0.2, 0.25) is 0 Å². The molecule has 1 amide bonds. The summed E-state index contributed by atoms with van der Waals surface area (Å²) in [6, 6.07) is 11.6. The van der Waals surface area contributed by atoms with E-state index < -0.39 is 0 Å². The molecule has 3 rings (SSSR count). The van der Waals surface area contributed by atoms with Crippen molar-refractivity contribution < 1.29 is 4.79 Å². The third kappa shape index (κ3) is 2.52. The molecule has 1 aromatic heterocycles. The van der Waals surface area contributed by atoms with Crippen molar-refractivity contribution in [3.63, 3.8) is 0 Å². The Morgan fingerprint density at radius 2 is 1.76 bits per heavy atom. The monoisotopic (exact) mass is 279 g/mol. The van der Waals surface area contributed by atoms with Crippen LogP contribution in [-0.4, -0.2) is 15.8 Å². The number of aryl methyl sites for hydroxylation is 3. The number of nitrogens with zero attached hydrogens (tertiary/aromatic N) is 2. The van der Waals surface area contributed by atoms with E-state index in [0.717, 1.165) is 33.3 Å². The SMILES string of the molecule is Cc1ccc(C)c(NC(=O)n2ncc3cc(C)ccc32)c1. The van der Waals surface area contributed by atoms with Crippen molar-refractivity contribution in [2.24, 2.45) is 0 Å². The quantitative estimate of drug-likeness (QED) is 0.730. The van der Waals surface area contributed by atoms with Crippen LogP contribution < -0.4 is 5.32 Å². The van der Waals surface area contributed by atoms with Gasteiger partial charge in [0.25, 0.3) is 0 Å². The number of benzene rings is 2. The first-order valence-electron chi connectivity index (χ1n) is 6.87. The Hall–Kier alpha value is -2.62. The number of rotatable bonds is 1. The van der Waals surface area contributed by atoms with Crippen molar-refractivity contribution in [3.05, 3.63) is 59.3 Å². The van der Waals surface area contributed by atoms with Crippen LogP contribution in [0.5, 0.6) is 0 Å². The van der Waals surface area contributed by atoms with Crippen molar-refractivity contribution in [1.29, 1.82) is 0 Å². The van der Waals surface area contributed by atoms with E-state index in [4.69, 9.17) is 0 Å². The summed E-state index contributed by atoms with van der Waals surface area (Å²) in [5, 5.41) is 8.07. The van der Waals surface area contributed by atoms with Gasteiger partial charge in [-0.3, -0.25) is 0 Å². The van der Waals surface area contributed by atoms with Crippen molar-refractivity contribution in [3.8, 4) is 0 Å². The summed E-state index contributed by atoms with van der Waals surface area (Å²) < 4.78 is 1.40. The molecule has 0 bridgehead atoms. The Morgan fingerprint density at radius 1 is 1.05 bits per heavy atom. The van der Waals surface area contributed by atoms with E-state index in [2.05, 4.69) is 10.4 Å². The largest absolute Gasteiger partial charge is 0.347 e. The number of hydrogen-bond acceptors (Lipinski definition) is 2. The first-order chi connectivity index (χ1) is 10.0. The van der Waals surface area contributed by atoms with Gasteiger partial charge in [-0.05, 0) is 50.1 Å². The minimum atomic E-state index is -0.248. The van der Waals surface area contributed by atoms with Crippen LogP contribution in [0.3, 0.4) is 0 Å². The number of anilines is 1. The van der Waals surface area contributed by atoms with E-state index >= 15 is 0 Å². The van der Waals surface area contributed by atoms with E-state index in [1.54, 1.807) is 6.20 Å². The Bertz CT molecular complexity index is 833. The summed E-state index contributed by atoms with van der Waals surface area (Å²) in [6.45, 7) is 5.99. The first kappa shape index (κ1) is 13.4. The van der Waals surface area contributed by atoms with Gasteiger partial charge in [-0.15, -0.1) is 0 Å². The molecule has 0 radical (unpaired) electrons. The summed E-state index contributed by atoms with van der Waals surface area (Å²) in [5.41, 5.74) is 4.91. The topological polar surface area (TPSA) is 46.9 Å². The second-order valence-electron chi connectivity index (χ2n) is 5.37. The zero-order valence-electron chi connectivity index (χ0n) is 12.3. The molecule has 106 valence electrons. The molecule has 0 aliphatic heterocycles. The van der Waals surface area contributed by atoms with Gasteiger partial charge in [0.2, 0.25) is 0 Å². The van der Waals surface area contributed by atoms with E-state index in [1.165, 1.54) is 4.68 Å². The number of fused-ring (bicyclic) bond motifs is 1. The fraction of sp³-hybridized carbons (Fsp3) is 0.176. The summed E-state index contributed by atoms with van der Waals surface area (Å²) in [7, 11) is 0. The van der Waals surface area contributed by atoms with Crippen LogP contribution in [0, 0.1) is 20.8 Å². The highest BCUT2D eigenvalue weighted by Gasteiger charge is 2.11. The van der Waals surface area contributed by atoms with Crippen molar-refractivity contribution in [2.75, 3.05) is 5.32 Å². The maximum absolute atomic E-state index is 12.4. The average Bonchev–Trinajstić information content (AvgIpc) is 2.85. The Morgan fingerprint density at radius 3 is 2.57 bits per heavy atom. The van der Waals surface area contributed by atoms with Gasteiger partial charge in [-0.25, -0.2) is 4.79 Å². The highest BCUT2D eigenvalue weighted by Crippen LogP contribution is 2.19. The van der Waals surface area contributed by atoms with Gasteiger partial charge in [-0.2, -0.15) is 9.78 Å². The Labute approximate surface area is 123 Å². The van der Waals surface area contributed by atoms with E-state index in [9.17, 15) is 4.79 Å². The molecule has 0 atom stereocenters. The second-order valence-corrected chi connectivity index (χ2v) is 5.37. The maximum Gasteiger partial charge on any atom is 0.347 e. The summed E-state index contributed by atoms with van der Waals surface area (Å²) in [6.07, 6.45) is 1.71. The molecular weight excluding hydrogens is 262 g/mol. The number of carbonyl (C=O) groups is 1. The molecule has 0 spiro atoms. The molecule has 21 heavy (non-hydrogen) atoms. The minimum Gasteiger partial charge on any atom is -0.306 e. The van der Waals surface area contributed by atoms with Crippen LogP contribution in [0.4, 0.5) is 10.5 Å². The molecule has 0 fully saturated rings. The second kappa shape index (κ2) is 5.05. The predicted octanol–water partition coefficient (Wildman–Crippen LogP) is 4.04. The first-order valence-corrected chi connectivity index (χ1v) is 6.87. The lowest BCUT2D eigenvalue weighted by Crippen LogP contribution is -2.21. The number of nitrogens with one attached hydrogen (secondary N) is 1. The van der Waals surface area contributed by atoms with Gasteiger partial charge in [0.05, 0.1) is 11.7 Å². The van der Waals surface area contributed by atoms with Gasteiger partial charge < -0.3 is 5.32 Å². The highest BCUT2D eigenvalue weighted by molar-refractivity contribution is 5.97. The maximum atomic E-state index is 12.4. The Kier molecular flexibility index (Phi) is 3.22. The van der Waals surface area contributed by atoms with Crippen LogP contribution in [0.25, 0.3) is 10.9 Å². The molecule has 2 aromatic carbocycles. The number of carbonyl (C=O) groups excluding carboxylic acids is 1. The minimum absolute atomic E-state index is 0.248. The Balaban J connectivity index is 1.95. The average molecular weight is 279 g/mol. The van der Waals surface area contributed by atoms with E-state index in [-0.39, 0.29) is 6.03 Å². The predicted molar refractivity (Wildman–Crippen MR) is 84.8 cm³/mol. The van der Waals surface area contributed by atoms with Crippen LogP contribution in [0.1, 0.15) is 16.7 Å². The summed E-state index contributed by atoms with van der Waals surface area (Å²) in [5.74, 6) is 0. The zero-order chi connectivity index (χ0) is 15.0. The molecule has 3 aromatic rings. The lowest BCUT2D eigenvalue weighted by atomic mass is 10.1. The molecular formula is C17H17N3O. The molecule has 0 aliphatic carbocycles. The number of aromatic nitrogens is 2. The van der Waals surface area contributed by atoms with Crippen molar-refractivity contribution in [2.45, 2.75) is 20.8 Å². The van der Waals surface area contributed by atoms with Crippen molar-refractivity contribution >= 4 is 22.6 Å². The standard InChI is InChI=1S/C17H17N3O/c1-11-5-7-16-14(8-11)10-18-20(16)17(21)19-15-9-12(2)4-6-13(15)3/h4-10H,1-3H3,(H,19,21). The third-order valence-electron chi connectivity index (χ3n) is 3.55. The number of hydrogen-bond donors (Lipinski definition) is 1. The van der Waals surface area contributed by atoms with Crippen LogP contribution >= 0.6 is 0 Å². The summed E-state index contributed by atoms with van der Waals surface area (Å²) in [4.78, 5) is 12.4. The fourth-order valence-electron chi connectivity index (χ4n) is 2.35. The molecule has 1 heterocycles. The molecule has 0 aliphatic rings. The zero-order valence-corrected chi connectivity index (χ0v) is 12.3. The van der Waals surface area contributed by atoms with Gasteiger partial charge in [0, 0.05) is 11.1 Å². The van der Waals surface area contributed by atoms with E-state index in [0.29, 0.717) is 0 Å². The lowest BCUT2D eigenvalue weighted by Gasteiger charge is -2.09. The molecule has 0 unspecified atom stereocenters. The molecule has 4 heteroatoms. The third-order valence-corrected chi connectivity index (χ3v) is 3.55. The lowest BCUT2D eigenvalue weighted by molar-refractivity contribution is 0.252. The van der Waals surface area contributed by atoms with Gasteiger partial charge >= 0.3 is 6.03 Å². The smallest absolute Gasteiger partial charge is 0.306 e. The van der Waals surface area contributed by atoms with E-state index in [1.807, 2.05) is 57.2 Å². The fourth-order valence-corrected chi connectivity index (χ4v) is 2.35. The molecule has 1 N–H and O–H groups in total. The normalized spacial score (nSPS) is 10.8. The van der Waals surface area contributed by atoms with Gasteiger partial charge in [0.15, 0.2) is 0 Å². The van der Waals surface area contributed by atoms with Gasteiger partial charge in [-0.1, -0.05) is 23.8 Å². The molecule has 0 saturated heterocycles. The van der Waals surface area contributed by atoms with Gasteiger partial charge in [0.1, 0.15) is 0 Å². The van der Waals surface area contributed by atoms with Crippen LogP contribution in [-0.2, 0) is 0 Å². The number of amides is 1. The van der Waals surface area contributed by atoms with Crippen LogP contribution in [0.15, 0.2) is 42.6 Å². The summed E-state index contributed by atoms with van der Waals surface area (Å²) >= 11 is 0. The van der Waals surface area contributed by atoms with Crippen molar-refractivity contribution in [1.82, 2.24) is 9.78 Å². The molecule has 4 nitrogen and oxygen atoms in total. The highest BCUT2D eigenvalue weighted by atomic mass is 16.2.